The molecule has 0 amide bonds. The van der Waals surface area contributed by atoms with Gasteiger partial charge in [0.2, 0.25) is 0 Å². The maximum atomic E-state index is 3.77. The van der Waals surface area contributed by atoms with Crippen molar-refractivity contribution in [1.29, 1.82) is 0 Å². The van der Waals surface area contributed by atoms with E-state index in [0.717, 1.165) is 0 Å². The average molecular weight is 239 g/mol. The van der Waals surface area contributed by atoms with Gasteiger partial charge in [-0.25, -0.2) is 0 Å². The summed E-state index contributed by atoms with van der Waals surface area (Å²) >= 11 is 1.87. The second kappa shape index (κ2) is 7.86. The smallest absolute Gasteiger partial charge is 0.0416 e. The number of thiophene rings is 1. The van der Waals surface area contributed by atoms with Crippen LogP contribution in [0.5, 0.6) is 0 Å². The minimum absolute atomic E-state index is 0.567. The molecule has 0 bridgehead atoms. The summed E-state index contributed by atoms with van der Waals surface area (Å²) in [7, 11) is 0. The summed E-state index contributed by atoms with van der Waals surface area (Å²) in [6.07, 6.45) is 6.41. The van der Waals surface area contributed by atoms with Crippen molar-refractivity contribution in [2.45, 2.75) is 65.0 Å². The molecule has 1 nitrogen and oxygen atoms in total. The topological polar surface area (TPSA) is 12.0 Å². The Balaban J connectivity index is 2.45. The Hall–Kier alpha value is -0.340. The molecule has 0 aliphatic rings. The third-order valence-electron chi connectivity index (χ3n) is 2.94. The lowest BCUT2D eigenvalue weighted by atomic mass is 10.1. The minimum Gasteiger partial charge on any atom is -0.307 e. The van der Waals surface area contributed by atoms with Crippen LogP contribution in [0, 0.1) is 0 Å². The Morgan fingerprint density at radius 2 is 2.06 bits per heavy atom. The van der Waals surface area contributed by atoms with Gasteiger partial charge in [-0.1, -0.05) is 39.2 Å². The average Bonchev–Trinajstić information content (AvgIpc) is 2.79. The molecule has 0 aromatic carbocycles. The zero-order valence-corrected chi connectivity index (χ0v) is 11.6. The van der Waals surface area contributed by atoms with E-state index in [1.807, 2.05) is 11.3 Å². The molecule has 0 radical (unpaired) electrons. The van der Waals surface area contributed by atoms with Crippen molar-refractivity contribution in [2.75, 3.05) is 0 Å². The zero-order chi connectivity index (χ0) is 11.8. The fraction of sp³-hybridized carbons (Fsp3) is 0.714. The van der Waals surface area contributed by atoms with E-state index in [0.29, 0.717) is 12.1 Å². The van der Waals surface area contributed by atoms with Crippen LogP contribution in [0.2, 0.25) is 0 Å². The first-order valence-electron chi connectivity index (χ1n) is 6.57. The molecule has 1 rings (SSSR count). The van der Waals surface area contributed by atoms with Crippen molar-refractivity contribution in [3.63, 3.8) is 0 Å². The molecular formula is C14H25NS. The molecule has 92 valence electrons. The van der Waals surface area contributed by atoms with Gasteiger partial charge < -0.3 is 5.32 Å². The molecule has 16 heavy (non-hydrogen) atoms. The monoisotopic (exact) mass is 239 g/mol. The van der Waals surface area contributed by atoms with Crippen molar-refractivity contribution in [1.82, 2.24) is 5.32 Å². The molecule has 1 heterocycles. The SMILES string of the molecule is CCCCC(C)NC(CCC)c1cccs1. The number of rotatable bonds is 8. The van der Waals surface area contributed by atoms with Crippen LogP contribution in [-0.2, 0) is 0 Å². The van der Waals surface area contributed by atoms with Crippen molar-refractivity contribution in [3.05, 3.63) is 22.4 Å². The van der Waals surface area contributed by atoms with Crippen molar-refractivity contribution < 1.29 is 0 Å². The van der Waals surface area contributed by atoms with Gasteiger partial charge in [0.25, 0.3) is 0 Å². The fourth-order valence-corrected chi connectivity index (χ4v) is 2.84. The van der Waals surface area contributed by atoms with Crippen molar-refractivity contribution in [3.8, 4) is 0 Å². The molecule has 0 aliphatic heterocycles. The van der Waals surface area contributed by atoms with Crippen LogP contribution in [0.3, 0.4) is 0 Å². The molecule has 2 atom stereocenters. The summed E-state index contributed by atoms with van der Waals surface area (Å²) in [5, 5.41) is 5.94. The van der Waals surface area contributed by atoms with E-state index < -0.39 is 0 Å². The lowest BCUT2D eigenvalue weighted by Crippen LogP contribution is -2.30. The quantitative estimate of drug-likeness (QED) is 0.690. The summed E-state index contributed by atoms with van der Waals surface area (Å²) in [5.74, 6) is 0. The summed E-state index contributed by atoms with van der Waals surface area (Å²) in [5.41, 5.74) is 0. The second-order valence-electron chi connectivity index (χ2n) is 4.57. The van der Waals surface area contributed by atoms with Gasteiger partial charge in [-0.15, -0.1) is 11.3 Å². The van der Waals surface area contributed by atoms with Crippen LogP contribution in [0.1, 0.15) is 63.8 Å². The maximum absolute atomic E-state index is 3.77. The van der Waals surface area contributed by atoms with Gasteiger partial charge in [-0.3, -0.25) is 0 Å². The second-order valence-corrected chi connectivity index (χ2v) is 5.55. The van der Waals surface area contributed by atoms with Gasteiger partial charge >= 0.3 is 0 Å². The Morgan fingerprint density at radius 3 is 2.62 bits per heavy atom. The summed E-state index contributed by atoms with van der Waals surface area (Å²) in [6.45, 7) is 6.83. The molecule has 0 spiro atoms. The van der Waals surface area contributed by atoms with E-state index in [1.165, 1.54) is 37.0 Å². The lowest BCUT2D eigenvalue weighted by molar-refractivity contribution is 0.411. The van der Waals surface area contributed by atoms with E-state index in [4.69, 9.17) is 0 Å². The zero-order valence-electron chi connectivity index (χ0n) is 10.8. The molecule has 0 saturated heterocycles. The molecule has 2 heteroatoms. The number of hydrogen-bond donors (Lipinski definition) is 1. The van der Waals surface area contributed by atoms with Crippen molar-refractivity contribution in [2.24, 2.45) is 0 Å². The molecule has 0 saturated carbocycles. The number of hydrogen-bond acceptors (Lipinski definition) is 2. The van der Waals surface area contributed by atoms with Gasteiger partial charge in [-0.2, -0.15) is 0 Å². The fourth-order valence-electron chi connectivity index (χ4n) is 2.02. The Labute approximate surface area is 104 Å². The van der Waals surface area contributed by atoms with E-state index in [-0.39, 0.29) is 0 Å². The predicted octanol–water partition coefficient (Wildman–Crippen LogP) is 4.76. The first kappa shape index (κ1) is 13.7. The Morgan fingerprint density at radius 1 is 1.25 bits per heavy atom. The largest absolute Gasteiger partial charge is 0.307 e. The van der Waals surface area contributed by atoms with Crippen LogP contribution in [0.25, 0.3) is 0 Å². The van der Waals surface area contributed by atoms with Gasteiger partial charge in [0.15, 0.2) is 0 Å². The molecule has 1 aromatic heterocycles. The number of unbranched alkanes of at least 4 members (excludes halogenated alkanes) is 1. The summed E-state index contributed by atoms with van der Waals surface area (Å²) in [6, 6.07) is 5.61. The van der Waals surface area contributed by atoms with E-state index in [9.17, 15) is 0 Å². The third kappa shape index (κ3) is 4.67. The summed E-state index contributed by atoms with van der Waals surface area (Å²) in [4.78, 5) is 1.49. The molecule has 0 fully saturated rings. The highest BCUT2D eigenvalue weighted by molar-refractivity contribution is 7.10. The first-order valence-corrected chi connectivity index (χ1v) is 7.45. The molecular weight excluding hydrogens is 214 g/mol. The van der Waals surface area contributed by atoms with Gasteiger partial charge in [0.05, 0.1) is 0 Å². The van der Waals surface area contributed by atoms with Crippen molar-refractivity contribution >= 4 is 11.3 Å². The highest BCUT2D eigenvalue weighted by Crippen LogP contribution is 2.24. The highest BCUT2D eigenvalue weighted by atomic mass is 32.1. The molecule has 1 aromatic rings. The van der Waals surface area contributed by atoms with Crippen LogP contribution >= 0.6 is 11.3 Å². The van der Waals surface area contributed by atoms with E-state index in [2.05, 4.69) is 43.6 Å². The standard InChI is InChI=1S/C14H25NS/c1-4-6-9-12(3)15-13(8-5-2)14-10-7-11-16-14/h7,10-13,15H,4-6,8-9H2,1-3H3. The third-order valence-corrected chi connectivity index (χ3v) is 3.93. The minimum atomic E-state index is 0.567. The first-order chi connectivity index (χ1) is 7.77. The summed E-state index contributed by atoms with van der Waals surface area (Å²) < 4.78 is 0. The van der Waals surface area contributed by atoms with E-state index in [1.54, 1.807) is 0 Å². The maximum Gasteiger partial charge on any atom is 0.0416 e. The molecule has 0 aliphatic carbocycles. The van der Waals surface area contributed by atoms with Crippen LogP contribution < -0.4 is 5.32 Å². The van der Waals surface area contributed by atoms with Gasteiger partial charge in [0, 0.05) is 17.0 Å². The number of nitrogens with one attached hydrogen (secondary N) is 1. The van der Waals surface area contributed by atoms with E-state index >= 15 is 0 Å². The Kier molecular flexibility index (Phi) is 6.74. The molecule has 2 unspecified atom stereocenters. The van der Waals surface area contributed by atoms with Gasteiger partial charge in [-0.05, 0) is 31.2 Å². The molecule has 1 N–H and O–H groups in total. The van der Waals surface area contributed by atoms with Crippen LogP contribution in [-0.4, -0.2) is 6.04 Å². The van der Waals surface area contributed by atoms with Crippen LogP contribution in [0.4, 0.5) is 0 Å². The Bertz CT molecular complexity index is 256. The van der Waals surface area contributed by atoms with Gasteiger partial charge in [0.1, 0.15) is 0 Å². The predicted molar refractivity (Wildman–Crippen MR) is 74.1 cm³/mol. The lowest BCUT2D eigenvalue weighted by Gasteiger charge is -2.22. The van der Waals surface area contributed by atoms with Crippen LogP contribution in [0.15, 0.2) is 17.5 Å². The highest BCUT2D eigenvalue weighted by Gasteiger charge is 2.13. The normalized spacial score (nSPS) is 14.9.